The minimum Gasteiger partial charge on any atom is -0.493 e. The lowest BCUT2D eigenvalue weighted by molar-refractivity contribution is -0.139. The van der Waals surface area contributed by atoms with Gasteiger partial charge in [0, 0.05) is 11.0 Å². The van der Waals surface area contributed by atoms with E-state index in [1.165, 1.54) is 0 Å². The van der Waals surface area contributed by atoms with E-state index < -0.39 is 12.0 Å². The van der Waals surface area contributed by atoms with Crippen molar-refractivity contribution >= 4 is 21.9 Å². The standard InChI is InChI=1S/C13H18BrNO4/c1-4-19-12-5-9(7-15-8(2)13(16)17)10(14)6-11(12)18-3/h5-6,8,15H,4,7H2,1-3H3,(H,16,17). The van der Waals surface area contributed by atoms with Crippen LogP contribution in [0.2, 0.25) is 0 Å². The van der Waals surface area contributed by atoms with Crippen LogP contribution >= 0.6 is 15.9 Å². The number of nitrogens with one attached hydrogen (secondary N) is 1. The molecule has 0 spiro atoms. The summed E-state index contributed by atoms with van der Waals surface area (Å²) in [6.45, 7) is 4.46. The molecule has 0 heterocycles. The third-order valence-electron chi connectivity index (χ3n) is 2.60. The summed E-state index contributed by atoms with van der Waals surface area (Å²) in [5.74, 6) is 0.409. The largest absolute Gasteiger partial charge is 0.493 e. The first-order valence-corrected chi connectivity index (χ1v) is 6.74. The lowest BCUT2D eigenvalue weighted by atomic mass is 10.2. The Bertz CT molecular complexity index is 451. The Morgan fingerprint density at radius 1 is 1.47 bits per heavy atom. The summed E-state index contributed by atoms with van der Waals surface area (Å²) in [6.07, 6.45) is 0. The molecule has 1 aromatic carbocycles. The summed E-state index contributed by atoms with van der Waals surface area (Å²) in [7, 11) is 1.58. The Kier molecular flexibility index (Phi) is 6.11. The van der Waals surface area contributed by atoms with Gasteiger partial charge in [-0.2, -0.15) is 0 Å². The second kappa shape index (κ2) is 7.35. The molecule has 5 nitrogen and oxygen atoms in total. The molecule has 0 aromatic heterocycles. The second-order valence-corrected chi connectivity index (χ2v) is 4.82. The second-order valence-electron chi connectivity index (χ2n) is 3.97. The Labute approximate surface area is 121 Å². The molecule has 0 bridgehead atoms. The number of halogens is 1. The van der Waals surface area contributed by atoms with E-state index >= 15 is 0 Å². The number of methoxy groups -OCH3 is 1. The molecule has 0 amide bonds. The molecule has 2 N–H and O–H groups in total. The minimum atomic E-state index is -0.880. The molecule has 106 valence electrons. The number of hydrogen-bond acceptors (Lipinski definition) is 4. The molecular weight excluding hydrogens is 314 g/mol. The third kappa shape index (κ3) is 4.40. The number of ether oxygens (including phenoxy) is 2. The SMILES string of the molecule is CCOc1cc(CNC(C)C(=O)O)c(Br)cc1OC. The van der Waals surface area contributed by atoms with Crippen molar-refractivity contribution in [1.82, 2.24) is 5.32 Å². The number of rotatable bonds is 7. The molecule has 0 aliphatic heterocycles. The third-order valence-corrected chi connectivity index (χ3v) is 3.34. The molecule has 0 saturated carbocycles. The highest BCUT2D eigenvalue weighted by Crippen LogP contribution is 2.33. The zero-order valence-electron chi connectivity index (χ0n) is 11.2. The Balaban J connectivity index is 2.88. The number of carbonyl (C=O) groups is 1. The smallest absolute Gasteiger partial charge is 0.320 e. The van der Waals surface area contributed by atoms with E-state index in [-0.39, 0.29) is 0 Å². The maximum absolute atomic E-state index is 10.8. The molecule has 1 aromatic rings. The number of benzene rings is 1. The van der Waals surface area contributed by atoms with Crippen molar-refractivity contribution in [3.63, 3.8) is 0 Å². The van der Waals surface area contributed by atoms with Gasteiger partial charge in [-0.25, -0.2) is 0 Å². The summed E-state index contributed by atoms with van der Waals surface area (Å²) in [5.41, 5.74) is 0.914. The molecule has 1 rings (SSSR count). The number of carboxylic acids is 1. The molecule has 1 unspecified atom stereocenters. The number of carboxylic acid groups (broad SMARTS) is 1. The van der Waals surface area contributed by atoms with Crippen LogP contribution in [-0.4, -0.2) is 30.8 Å². The van der Waals surface area contributed by atoms with Crippen molar-refractivity contribution in [2.75, 3.05) is 13.7 Å². The summed E-state index contributed by atoms with van der Waals surface area (Å²) in [6, 6.07) is 3.05. The average molecular weight is 332 g/mol. The van der Waals surface area contributed by atoms with Crippen molar-refractivity contribution in [3.05, 3.63) is 22.2 Å². The van der Waals surface area contributed by atoms with Crippen molar-refractivity contribution in [1.29, 1.82) is 0 Å². The molecule has 0 saturated heterocycles. The predicted octanol–water partition coefficient (Wildman–Crippen LogP) is 2.42. The fraction of sp³-hybridized carbons (Fsp3) is 0.462. The van der Waals surface area contributed by atoms with Crippen LogP contribution in [0, 0.1) is 0 Å². The fourth-order valence-corrected chi connectivity index (χ4v) is 1.95. The molecule has 0 radical (unpaired) electrons. The van der Waals surface area contributed by atoms with Gasteiger partial charge in [0.2, 0.25) is 0 Å². The molecular formula is C13H18BrNO4. The first kappa shape index (κ1) is 15.8. The van der Waals surface area contributed by atoms with Crippen LogP contribution < -0.4 is 14.8 Å². The highest BCUT2D eigenvalue weighted by Gasteiger charge is 2.13. The molecule has 0 aliphatic carbocycles. The quantitative estimate of drug-likeness (QED) is 0.803. The van der Waals surface area contributed by atoms with Gasteiger partial charge in [0.15, 0.2) is 11.5 Å². The van der Waals surface area contributed by atoms with Gasteiger partial charge in [0.05, 0.1) is 13.7 Å². The maximum Gasteiger partial charge on any atom is 0.320 e. The van der Waals surface area contributed by atoms with Gasteiger partial charge in [-0.05, 0) is 31.5 Å². The lowest BCUT2D eigenvalue weighted by Crippen LogP contribution is -2.33. The van der Waals surface area contributed by atoms with Gasteiger partial charge < -0.3 is 19.9 Å². The van der Waals surface area contributed by atoms with Gasteiger partial charge in [0.1, 0.15) is 6.04 Å². The minimum absolute atomic E-state index is 0.429. The van der Waals surface area contributed by atoms with Crippen molar-refractivity contribution in [2.45, 2.75) is 26.4 Å². The van der Waals surface area contributed by atoms with Crippen LogP contribution in [0.3, 0.4) is 0 Å². The zero-order valence-corrected chi connectivity index (χ0v) is 12.8. The summed E-state index contributed by atoms with van der Waals surface area (Å²) in [5, 5.41) is 11.8. The predicted molar refractivity (Wildman–Crippen MR) is 75.8 cm³/mol. The van der Waals surface area contributed by atoms with Gasteiger partial charge in [0.25, 0.3) is 0 Å². The van der Waals surface area contributed by atoms with E-state index in [0.717, 1.165) is 10.0 Å². The topological polar surface area (TPSA) is 67.8 Å². The molecule has 1 atom stereocenters. The van der Waals surface area contributed by atoms with E-state index in [1.807, 2.05) is 19.1 Å². The lowest BCUT2D eigenvalue weighted by Gasteiger charge is -2.14. The number of hydrogen-bond donors (Lipinski definition) is 2. The van der Waals surface area contributed by atoms with Crippen LogP contribution in [0.4, 0.5) is 0 Å². The molecule has 0 fully saturated rings. The summed E-state index contributed by atoms with van der Waals surface area (Å²) >= 11 is 3.44. The van der Waals surface area contributed by atoms with E-state index in [4.69, 9.17) is 14.6 Å². The molecule has 19 heavy (non-hydrogen) atoms. The van der Waals surface area contributed by atoms with Gasteiger partial charge in [-0.15, -0.1) is 0 Å². The Hall–Kier alpha value is -1.27. The van der Waals surface area contributed by atoms with Crippen molar-refractivity contribution in [2.24, 2.45) is 0 Å². The van der Waals surface area contributed by atoms with Crippen molar-refractivity contribution < 1.29 is 19.4 Å². The average Bonchev–Trinajstić information content (AvgIpc) is 2.38. The summed E-state index contributed by atoms with van der Waals surface area (Å²) < 4.78 is 11.6. The molecule has 6 heteroatoms. The van der Waals surface area contributed by atoms with Crippen LogP contribution in [0.25, 0.3) is 0 Å². The fourth-order valence-electron chi connectivity index (χ4n) is 1.49. The number of aliphatic carboxylic acids is 1. The van der Waals surface area contributed by atoms with Crippen LogP contribution in [0.5, 0.6) is 11.5 Å². The van der Waals surface area contributed by atoms with Crippen LogP contribution in [0.15, 0.2) is 16.6 Å². The van der Waals surface area contributed by atoms with E-state index in [0.29, 0.717) is 24.7 Å². The van der Waals surface area contributed by atoms with E-state index in [9.17, 15) is 4.79 Å². The van der Waals surface area contributed by atoms with Crippen molar-refractivity contribution in [3.8, 4) is 11.5 Å². The Morgan fingerprint density at radius 3 is 2.68 bits per heavy atom. The van der Waals surface area contributed by atoms with Gasteiger partial charge in [-0.3, -0.25) is 4.79 Å². The molecule has 0 aliphatic rings. The highest BCUT2D eigenvalue weighted by atomic mass is 79.9. The van der Waals surface area contributed by atoms with Gasteiger partial charge in [-0.1, -0.05) is 15.9 Å². The maximum atomic E-state index is 10.8. The van der Waals surface area contributed by atoms with E-state index in [2.05, 4.69) is 21.2 Å². The first-order valence-electron chi connectivity index (χ1n) is 5.95. The van der Waals surface area contributed by atoms with Crippen LogP contribution in [0.1, 0.15) is 19.4 Å². The van der Waals surface area contributed by atoms with E-state index in [1.54, 1.807) is 14.0 Å². The van der Waals surface area contributed by atoms with Gasteiger partial charge >= 0.3 is 5.97 Å². The normalized spacial score (nSPS) is 12.0. The van der Waals surface area contributed by atoms with Crippen LogP contribution in [-0.2, 0) is 11.3 Å². The Morgan fingerprint density at radius 2 is 2.16 bits per heavy atom. The zero-order chi connectivity index (χ0) is 14.4. The first-order chi connectivity index (χ1) is 8.99. The highest BCUT2D eigenvalue weighted by molar-refractivity contribution is 9.10. The monoisotopic (exact) mass is 331 g/mol. The summed E-state index contributed by atoms with van der Waals surface area (Å²) in [4.78, 5) is 10.8.